The molecular weight excluding hydrogens is 1390 g/mol. The number of carbonyl (C=O) groups excluding carboxylic acids is 3. The SMILES string of the molecule is CCCC1OC(OC2C(C(=O)OC)C3(OCc4ccccc4)OC(C)(OC4C(OCc5ccccc5)CC(OC5C(C(=O)OC)C6(OCc7ccccc7)OC7CC7(O)C56)OC4CCC)C(O)C23)CC(OCc2ccccc2)C1OC1OC2(OCc3ccccc3)C(C(=O)OC)C(OCc3ccccc3)C2C1O. The molecule has 0 aromatic heterocycles. The zero-order valence-corrected chi connectivity index (χ0v) is 61.6. The maximum Gasteiger partial charge on any atom is 0.316 e. The highest BCUT2D eigenvalue weighted by Crippen LogP contribution is 2.70. The highest BCUT2D eigenvalue weighted by atomic mass is 16.8. The van der Waals surface area contributed by atoms with Crippen LogP contribution in [0.3, 0.4) is 0 Å². The molecule has 6 aromatic rings. The number of carbonyl (C=O) groups is 3. The second-order valence-electron chi connectivity index (χ2n) is 29.9. The Labute approximate surface area is 628 Å². The van der Waals surface area contributed by atoms with Gasteiger partial charge in [-0.05, 0) is 53.1 Å². The first-order valence-corrected chi connectivity index (χ1v) is 37.8. The molecule has 108 heavy (non-hydrogen) atoms. The van der Waals surface area contributed by atoms with Crippen molar-refractivity contribution in [2.24, 2.45) is 35.5 Å². The first-order chi connectivity index (χ1) is 52.5. The minimum Gasteiger partial charge on any atom is -0.469 e. The van der Waals surface area contributed by atoms with Crippen molar-refractivity contribution in [1.29, 1.82) is 0 Å². The number of aliphatic hydroxyl groups excluding tert-OH is 2. The summed E-state index contributed by atoms with van der Waals surface area (Å²) in [6.07, 6.45) is -13.6. The van der Waals surface area contributed by atoms with Gasteiger partial charge in [-0.3, -0.25) is 14.4 Å². The van der Waals surface area contributed by atoms with Crippen LogP contribution in [-0.2, 0) is 139 Å². The minimum atomic E-state index is -2.01. The first-order valence-electron chi connectivity index (χ1n) is 37.8. The van der Waals surface area contributed by atoms with Crippen LogP contribution in [-0.4, -0.2) is 175 Å². The topological polar surface area (TPSA) is 278 Å². The smallest absolute Gasteiger partial charge is 0.316 e. The molecule has 4 aliphatic carbocycles. The summed E-state index contributed by atoms with van der Waals surface area (Å²) in [5, 5.41) is 38.3. The Bertz CT molecular complexity index is 3970. The fourth-order valence-electron chi connectivity index (χ4n) is 17.9. The molecule has 4 saturated carbocycles. The third-order valence-corrected chi connectivity index (χ3v) is 23.2. The highest BCUT2D eigenvalue weighted by molar-refractivity contribution is 5.78. The number of methoxy groups -OCH3 is 3. The van der Waals surface area contributed by atoms with Crippen molar-refractivity contribution in [3.63, 3.8) is 0 Å². The van der Waals surface area contributed by atoms with Crippen LogP contribution in [0.5, 0.6) is 0 Å². The summed E-state index contributed by atoms with van der Waals surface area (Å²) in [6, 6.07) is 57.0. The Morgan fingerprint density at radius 1 is 0.454 bits per heavy atom. The van der Waals surface area contributed by atoms with Gasteiger partial charge in [0.25, 0.3) is 0 Å². The van der Waals surface area contributed by atoms with Gasteiger partial charge < -0.3 is 101 Å². The van der Waals surface area contributed by atoms with Gasteiger partial charge in [-0.15, -0.1) is 0 Å². The van der Waals surface area contributed by atoms with Crippen molar-refractivity contribution in [3.05, 3.63) is 215 Å². The lowest BCUT2D eigenvalue weighted by Crippen LogP contribution is -2.73. The van der Waals surface area contributed by atoms with Gasteiger partial charge in [0.15, 0.2) is 42.0 Å². The zero-order chi connectivity index (χ0) is 75.0. The molecule has 26 atom stereocenters. The average Bonchev–Trinajstić information content (AvgIpc) is 1.48. The number of hydrogen-bond acceptors (Lipinski definition) is 24. The van der Waals surface area contributed by atoms with E-state index in [0.29, 0.717) is 32.1 Å². The van der Waals surface area contributed by atoms with Crippen molar-refractivity contribution in [2.75, 3.05) is 21.3 Å². The molecule has 5 heterocycles. The second kappa shape index (κ2) is 32.4. The standard InChI is InChI=1S/C84H98O24/c1-7-27-56-69(104-79-68(85)63-71(96-46-52-33-19-11-20-34-52)65(76(87)91-4)82(63,107-79)97-47-53-35-21-12-22-36-53)58(94-44-50-29-15-9-16-30-50)41-61(100-56)102-72-64-75(86)80(3,108-83(64,66(72)77(88)92-5)98-48-54-37-23-13-24-38-54)106-70-57(28-8-2)101-62(42-59(70)95-45-51-31-17-10-18-32-51)103-73-67(78(89)93-6)84(74(73)81(90)43-60(81)105-84)99-49-55-39-25-14-26-40-55/h9-26,29-40,56-75,79,85-86,90H,7-8,27-28,41-49H2,1-6H3. The maximum absolute atomic E-state index is 14.9. The van der Waals surface area contributed by atoms with Crippen molar-refractivity contribution < 1.29 is 115 Å². The number of benzene rings is 6. The Morgan fingerprint density at radius 2 is 0.852 bits per heavy atom. The van der Waals surface area contributed by atoms with Crippen LogP contribution in [0.4, 0.5) is 0 Å². The minimum absolute atomic E-state index is 0.00868. The van der Waals surface area contributed by atoms with E-state index in [9.17, 15) is 29.7 Å². The van der Waals surface area contributed by atoms with Crippen molar-refractivity contribution >= 4 is 17.9 Å². The van der Waals surface area contributed by atoms with Gasteiger partial charge >= 0.3 is 17.9 Å². The largest absolute Gasteiger partial charge is 0.469 e. The lowest BCUT2D eigenvalue weighted by molar-refractivity contribution is -0.418. The molecule has 0 radical (unpaired) electrons. The summed E-state index contributed by atoms with van der Waals surface area (Å²) in [6.45, 7) is 5.95. The summed E-state index contributed by atoms with van der Waals surface area (Å²) in [5.41, 5.74) is 3.58. The van der Waals surface area contributed by atoms with Crippen molar-refractivity contribution in [2.45, 2.75) is 226 Å². The van der Waals surface area contributed by atoms with Gasteiger partial charge in [-0.25, -0.2) is 0 Å². The van der Waals surface area contributed by atoms with E-state index >= 15 is 0 Å². The van der Waals surface area contributed by atoms with E-state index in [1.165, 1.54) is 21.3 Å². The van der Waals surface area contributed by atoms with Crippen LogP contribution in [0.2, 0.25) is 0 Å². The van der Waals surface area contributed by atoms with Gasteiger partial charge in [0, 0.05) is 19.3 Å². The van der Waals surface area contributed by atoms with Gasteiger partial charge in [-0.2, -0.15) is 0 Å². The van der Waals surface area contributed by atoms with E-state index in [4.69, 9.17) is 85.3 Å². The van der Waals surface area contributed by atoms with E-state index in [1.54, 1.807) is 6.92 Å². The van der Waals surface area contributed by atoms with Crippen LogP contribution >= 0.6 is 0 Å². The second-order valence-corrected chi connectivity index (χ2v) is 29.9. The van der Waals surface area contributed by atoms with Crippen LogP contribution in [0.1, 0.15) is 99.1 Å². The van der Waals surface area contributed by atoms with E-state index in [0.717, 1.165) is 33.4 Å². The van der Waals surface area contributed by atoms with Gasteiger partial charge in [-0.1, -0.05) is 209 Å². The fourth-order valence-corrected chi connectivity index (χ4v) is 17.9. The Kier molecular flexibility index (Phi) is 22.9. The first kappa shape index (κ1) is 76.4. The molecule has 5 aliphatic heterocycles. The number of fused-ring (bicyclic) bond motifs is 5. The Balaban J connectivity index is 0.724. The quantitative estimate of drug-likeness (QED) is 0.0255. The average molecular weight is 1490 g/mol. The molecule has 578 valence electrons. The van der Waals surface area contributed by atoms with Gasteiger partial charge in [0.05, 0.1) is 128 Å². The monoisotopic (exact) mass is 1490 g/mol. The molecule has 24 nitrogen and oxygen atoms in total. The molecule has 0 bridgehead atoms. The molecule has 15 rings (SSSR count). The highest BCUT2D eigenvalue weighted by Gasteiger charge is 2.87. The van der Waals surface area contributed by atoms with E-state index in [2.05, 4.69) is 0 Å². The van der Waals surface area contributed by atoms with Crippen LogP contribution in [0.15, 0.2) is 182 Å². The molecule has 9 fully saturated rings. The van der Waals surface area contributed by atoms with Crippen molar-refractivity contribution in [3.8, 4) is 0 Å². The maximum atomic E-state index is 14.9. The van der Waals surface area contributed by atoms with E-state index in [-0.39, 0.29) is 52.5 Å². The molecular formula is C84H98O24. The zero-order valence-electron chi connectivity index (χ0n) is 61.6. The van der Waals surface area contributed by atoms with Gasteiger partial charge in [0.1, 0.15) is 47.8 Å². The van der Waals surface area contributed by atoms with E-state index < -0.39 is 174 Å². The fraction of sp³-hybridized carbons (Fsp3) is 0.536. The van der Waals surface area contributed by atoms with Crippen LogP contribution < -0.4 is 0 Å². The number of esters is 3. The summed E-state index contributed by atoms with van der Waals surface area (Å²) < 4.78 is 120. The molecule has 26 unspecified atom stereocenters. The summed E-state index contributed by atoms with van der Waals surface area (Å²) >= 11 is 0. The molecule has 5 saturated heterocycles. The molecule has 9 aliphatic rings. The van der Waals surface area contributed by atoms with Crippen LogP contribution in [0.25, 0.3) is 0 Å². The predicted octanol–water partition coefficient (Wildman–Crippen LogP) is 9.47. The molecule has 6 aromatic carbocycles. The third kappa shape index (κ3) is 14.5. The predicted molar refractivity (Wildman–Crippen MR) is 381 cm³/mol. The molecule has 0 spiro atoms. The normalized spacial score (nSPS) is 38.1. The lowest BCUT2D eigenvalue weighted by Gasteiger charge is -2.57. The number of rotatable bonds is 33. The van der Waals surface area contributed by atoms with E-state index in [1.807, 2.05) is 196 Å². The number of ether oxygens (including phenoxy) is 18. The lowest BCUT2D eigenvalue weighted by atomic mass is 9.62. The molecule has 24 heteroatoms. The molecule has 3 N–H and O–H groups in total. The van der Waals surface area contributed by atoms with Gasteiger partial charge in [0.2, 0.25) is 0 Å². The molecule has 0 amide bonds. The Morgan fingerprint density at radius 3 is 1.31 bits per heavy atom. The van der Waals surface area contributed by atoms with Crippen LogP contribution in [0, 0.1) is 35.5 Å². The van der Waals surface area contributed by atoms with Crippen molar-refractivity contribution in [1.82, 2.24) is 0 Å². The summed E-state index contributed by atoms with van der Waals surface area (Å²) in [4.78, 5) is 43.1. The number of aliphatic hydroxyl groups is 3. The number of hydrogen-bond donors (Lipinski definition) is 3. The summed E-state index contributed by atoms with van der Waals surface area (Å²) in [7, 11) is 3.84. The third-order valence-electron chi connectivity index (χ3n) is 23.2. The summed E-state index contributed by atoms with van der Waals surface area (Å²) in [5.74, 6) is -15.9. The Hall–Kier alpha value is -6.99.